The van der Waals surface area contributed by atoms with Gasteiger partial charge in [0, 0.05) is 5.56 Å². The number of hydrogen-bond acceptors (Lipinski definition) is 2. The average Bonchev–Trinajstić information content (AvgIpc) is 2.66. The van der Waals surface area contributed by atoms with E-state index in [0.29, 0.717) is 16.5 Å². The Hall–Kier alpha value is -1.32. The van der Waals surface area contributed by atoms with Gasteiger partial charge in [0.2, 0.25) is 0 Å². The van der Waals surface area contributed by atoms with Crippen molar-refractivity contribution in [1.82, 2.24) is 9.97 Å². The van der Waals surface area contributed by atoms with Crippen molar-refractivity contribution in [1.29, 1.82) is 0 Å². The third-order valence-electron chi connectivity index (χ3n) is 2.36. The normalized spacial score (nSPS) is 11.8. The minimum atomic E-state index is -0.924. The smallest absolute Gasteiger partial charge is 0.139 e. The second kappa shape index (κ2) is 3.92. The first-order valence-corrected chi connectivity index (χ1v) is 5.39. The molecule has 2 rings (SSSR count). The van der Waals surface area contributed by atoms with E-state index in [9.17, 15) is 5.11 Å². The molecule has 0 radical (unpaired) electrons. The first-order chi connectivity index (χ1) is 7.48. The summed E-state index contributed by atoms with van der Waals surface area (Å²) >= 11 is 6.06. The van der Waals surface area contributed by atoms with E-state index in [1.54, 1.807) is 20.0 Å². The highest BCUT2D eigenvalue weighted by molar-refractivity contribution is 6.33. The molecule has 0 aliphatic carbocycles. The molecule has 0 saturated heterocycles. The van der Waals surface area contributed by atoms with Crippen molar-refractivity contribution in [3.05, 3.63) is 41.2 Å². The van der Waals surface area contributed by atoms with E-state index in [0.717, 1.165) is 5.56 Å². The van der Waals surface area contributed by atoms with Gasteiger partial charge in [-0.1, -0.05) is 23.7 Å². The molecular weight excluding hydrogens is 224 g/mol. The van der Waals surface area contributed by atoms with E-state index >= 15 is 0 Å². The Labute approximate surface area is 99.1 Å². The van der Waals surface area contributed by atoms with Gasteiger partial charge in [-0.05, 0) is 26.0 Å². The highest BCUT2D eigenvalue weighted by atomic mass is 35.5. The Morgan fingerprint density at radius 3 is 2.56 bits per heavy atom. The van der Waals surface area contributed by atoms with Gasteiger partial charge in [0.05, 0.1) is 16.9 Å². The van der Waals surface area contributed by atoms with Crippen LogP contribution in [0.3, 0.4) is 0 Å². The minimum absolute atomic E-state index is 0.638. The van der Waals surface area contributed by atoms with Crippen molar-refractivity contribution in [2.45, 2.75) is 19.4 Å². The molecule has 0 amide bonds. The number of nitrogens with one attached hydrogen (secondary N) is 1. The van der Waals surface area contributed by atoms with Crippen LogP contribution in [-0.4, -0.2) is 15.1 Å². The molecule has 2 aromatic rings. The standard InChI is InChI=1S/C12H13ClN2O/c1-12(2,16)10-7-14-11(15-10)8-5-3-4-6-9(8)13/h3-7,16H,1-2H3,(H,14,15). The molecule has 16 heavy (non-hydrogen) atoms. The maximum absolute atomic E-state index is 9.81. The van der Waals surface area contributed by atoms with Crippen LogP contribution in [0.25, 0.3) is 11.4 Å². The van der Waals surface area contributed by atoms with Crippen molar-refractivity contribution in [2.24, 2.45) is 0 Å². The molecular formula is C12H13ClN2O. The van der Waals surface area contributed by atoms with Crippen LogP contribution in [0.2, 0.25) is 5.02 Å². The van der Waals surface area contributed by atoms with Crippen LogP contribution in [0.4, 0.5) is 0 Å². The molecule has 84 valence electrons. The summed E-state index contributed by atoms with van der Waals surface area (Å²) in [5.74, 6) is 0.669. The van der Waals surface area contributed by atoms with Crippen molar-refractivity contribution < 1.29 is 5.11 Å². The molecule has 0 unspecified atom stereocenters. The number of imidazole rings is 1. The largest absolute Gasteiger partial charge is 0.384 e. The summed E-state index contributed by atoms with van der Waals surface area (Å²) in [6.07, 6.45) is 1.62. The predicted molar refractivity (Wildman–Crippen MR) is 64.3 cm³/mol. The van der Waals surface area contributed by atoms with Crippen LogP contribution in [0.5, 0.6) is 0 Å². The molecule has 1 aromatic carbocycles. The van der Waals surface area contributed by atoms with Crippen molar-refractivity contribution >= 4 is 11.6 Å². The van der Waals surface area contributed by atoms with Crippen LogP contribution in [0, 0.1) is 0 Å². The Balaban J connectivity index is 2.44. The summed E-state index contributed by atoms with van der Waals surface area (Å²) < 4.78 is 0. The van der Waals surface area contributed by atoms with Gasteiger partial charge in [-0.15, -0.1) is 0 Å². The van der Waals surface area contributed by atoms with Gasteiger partial charge in [-0.25, -0.2) is 4.98 Å². The molecule has 0 spiro atoms. The lowest BCUT2D eigenvalue weighted by Gasteiger charge is -2.13. The Morgan fingerprint density at radius 2 is 2.00 bits per heavy atom. The molecule has 3 nitrogen and oxygen atoms in total. The number of nitrogens with zero attached hydrogens (tertiary/aromatic N) is 1. The predicted octanol–water partition coefficient (Wildman–Crippen LogP) is 2.96. The second-order valence-corrected chi connectivity index (χ2v) is 4.59. The zero-order valence-electron chi connectivity index (χ0n) is 9.16. The number of aromatic amines is 1. The average molecular weight is 237 g/mol. The minimum Gasteiger partial charge on any atom is -0.384 e. The number of rotatable bonds is 2. The fourth-order valence-electron chi connectivity index (χ4n) is 1.42. The van der Waals surface area contributed by atoms with Crippen molar-refractivity contribution in [2.75, 3.05) is 0 Å². The molecule has 0 bridgehead atoms. The zero-order valence-corrected chi connectivity index (χ0v) is 9.92. The first-order valence-electron chi connectivity index (χ1n) is 5.01. The molecule has 1 heterocycles. The molecule has 1 aromatic heterocycles. The quantitative estimate of drug-likeness (QED) is 0.842. The molecule has 0 atom stereocenters. The summed E-state index contributed by atoms with van der Waals surface area (Å²) in [4.78, 5) is 7.28. The number of H-pyrrole nitrogens is 1. The number of halogens is 1. The summed E-state index contributed by atoms with van der Waals surface area (Å²) in [5, 5.41) is 10.5. The van der Waals surface area contributed by atoms with Gasteiger partial charge in [0.25, 0.3) is 0 Å². The van der Waals surface area contributed by atoms with Gasteiger partial charge in [0.15, 0.2) is 0 Å². The van der Waals surface area contributed by atoms with Gasteiger partial charge in [0.1, 0.15) is 11.4 Å². The van der Waals surface area contributed by atoms with Crippen LogP contribution < -0.4 is 0 Å². The third-order valence-corrected chi connectivity index (χ3v) is 2.69. The van der Waals surface area contributed by atoms with Crippen molar-refractivity contribution in [3.63, 3.8) is 0 Å². The summed E-state index contributed by atoms with van der Waals surface area (Å²) in [6, 6.07) is 7.46. The van der Waals surface area contributed by atoms with Crippen LogP contribution >= 0.6 is 11.6 Å². The molecule has 2 N–H and O–H groups in total. The second-order valence-electron chi connectivity index (χ2n) is 4.18. The Bertz CT molecular complexity index is 500. The fraction of sp³-hybridized carbons (Fsp3) is 0.250. The van der Waals surface area contributed by atoms with E-state index in [1.807, 2.05) is 24.3 Å². The molecule has 0 aliphatic rings. The van der Waals surface area contributed by atoms with E-state index in [4.69, 9.17) is 11.6 Å². The highest BCUT2D eigenvalue weighted by Crippen LogP contribution is 2.27. The topological polar surface area (TPSA) is 48.9 Å². The van der Waals surface area contributed by atoms with Gasteiger partial charge < -0.3 is 10.1 Å². The zero-order chi connectivity index (χ0) is 11.8. The van der Waals surface area contributed by atoms with E-state index in [1.165, 1.54) is 0 Å². The summed E-state index contributed by atoms with van der Waals surface area (Å²) in [7, 11) is 0. The lowest BCUT2D eigenvalue weighted by atomic mass is 10.1. The Kier molecular flexibility index (Phi) is 2.74. The monoisotopic (exact) mass is 236 g/mol. The molecule has 0 saturated carbocycles. The van der Waals surface area contributed by atoms with Crippen LogP contribution in [0.15, 0.2) is 30.5 Å². The molecule has 0 aliphatic heterocycles. The maximum Gasteiger partial charge on any atom is 0.139 e. The van der Waals surface area contributed by atoms with E-state index < -0.39 is 5.60 Å². The van der Waals surface area contributed by atoms with Gasteiger partial charge in [-0.3, -0.25) is 0 Å². The number of aromatic nitrogens is 2. The highest BCUT2D eigenvalue weighted by Gasteiger charge is 2.19. The SMILES string of the molecule is CC(C)(O)c1cnc(-c2ccccc2Cl)[nH]1. The number of aliphatic hydroxyl groups is 1. The van der Waals surface area contributed by atoms with Crippen LogP contribution in [-0.2, 0) is 5.60 Å². The Morgan fingerprint density at radius 1 is 1.31 bits per heavy atom. The van der Waals surface area contributed by atoms with Gasteiger partial charge in [-0.2, -0.15) is 0 Å². The summed E-state index contributed by atoms with van der Waals surface area (Å²) in [6.45, 7) is 3.41. The summed E-state index contributed by atoms with van der Waals surface area (Å²) in [5.41, 5.74) is 0.578. The maximum atomic E-state index is 9.81. The first kappa shape index (κ1) is 11.2. The van der Waals surface area contributed by atoms with Crippen LogP contribution in [0.1, 0.15) is 19.5 Å². The molecule has 4 heteroatoms. The molecule has 0 fully saturated rings. The number of hydrogen-bond donors (Lipinski definition) is 2. The number of benzene rings is 1. The van der Waals surface area contributed by atoms with Crippen molar-refractivity contribution in [3.8, 4) is 11.4 Å². The fourth-order valence-corrected chi connectivity index (χ4v) is 1.65. The van der Waals surface area contributed by atoms with Gasteiger partial charge >= 0.3 is 0 Å². The van der Waals surface area contributed by atoms with E-state index in [2.05, 4.69) is 9.97 Å². The third kappa shape index (κ3) is 2.10. The van der Waals surface area contributed by atoms with E-state index in [-0.39, 0.29) is 0 Å². The lowest BCUT2D eigenvalue weighted by molar-refractivity contribution is 0.0744. The lowest BCUT2D eigenvalue weighted by Crippen LogP contribution is -2.15.